The summed E-state index contributed by atoms with van der Waals surface area (Å²) in [5, 5.41) is 2.60. The molecule has 0 bridgehead atoms. The lowest BCUT2D eigenvalue weighted by molar-refractivity contribution is -0.140. The molecular weight excluding hydrogens is 246 g/mol. The summed E-state index contributed by atoms with van der Waals surface area (Å²) in [5.41, 5.74) is 0.880. The van der Waals surface area contributed by atoms with Gasteiger partial charge in [-0.1, -0.05) is 12.1 Å². The molecule has 1 atom stereocenters. The molecule has 2 rings (SSSR count). The molecule has 0 spiro atoms. The molecule has 19 heavy (non-hydrogen) atoms. The number of nitrogens with one attached hydrogen (secondary N) is 1. The highest BCUT2D eigenvalue weighted by molar-refractivity contribution is 5.94. The SMILES string of the molecule is COc1ccc(/C=C/C(=O)N[C@H]2CCOC2=O)cc1. The van der Waals surface area contributed by atoms with Gasteiger partial charge in [-0.2, -0.15) is 0 Å². The molecule has 0 radical (unpaired) electrons. The second kappa shape index (κ2) is 6.04. The zero-order valence-electron chi connectivity index (χ0n) is 10.6. The number of rotatable bonds is 4. The highest BCUT2D eigenvalue weighted by Gasteiger charge is 2.27. The van der Waals surface area contributed by atoms with Crippen LogP contribution in [0.5, 0.6) is 5.75 Å². The molecule has 1 aromatic carbocycles. The molecular formula is C14H15NO4. The summed E-state index contributed by atoms with van der Waals surface area (Å²) in [6, 6.07) is 6.78. The molecule has 1 saturated heterocycles. The molecule has 1 aliphatic rings. The van der Waals surface area contributed by atoms with E-state index in [9.17, 15) is 9.59 Å². The van der Waals surface area contributed by atoms with Crippen LogP contribution in [0, 0.1) is 0 Å². The molecule has 1 heterocycles. The van der Waals surface area contributed by atoms with Crippen molar-refractivity contribution in [3.63, 3.8) is 0 Å². The molecule has 0 saturated carbocycles. The van der Waals surface area contributed by atoms with Gasteiger partial charge in [0.15, 0.2) is 0 Å². The van der Waals surface area contributed by atoms with E-state index in [1.165, 1.54) is 6.08 Å². The number of carbonyl (C=O) groups excluding carboxylic acids is 2. The Morgan fingerprint density at radius 1 is 1.42 bits per heavy atom. The number of cyclic esters (lactones) is 1. The first kappa shape index (κ1) is 13.1. The molecule has 0 aromatic heterocycles. The lowest BCUT2D eigenvalue weighted by Gasteiger charge is -2.05. The summed E-state index contributed by atoms with van der Waals surface area (Å²) in [5.74, 6) is 0.0844. The monoisotopic (exact) mass is 261 g/mol. The van der Waals surface area contributed by atoms with Crippen molar-refractivity contribution in [3.05, 3.63) is 35.9 Å². The molecule has 1 aliphatic heterocycles. The van der Waals surface area contributed by atoms with Crippen LogP contribution < -0.4 is 10.1 Å². The van der Waals surface area contributed by atoms with E-state index in [1.54, 1.807) is 13.2 Å². The summed E-state index contributed by atoms with van der Waals surface area (Å²) in [6.07, 6.45) is 3.60. The minimum atomic E-state index is -0.520. The highest BCUT2D eigenvalue weighted by atomic mass is 16.5. The zero-order valence-corrected chi connectivity index (χ0v) is 10.6. The molecule has 0 unspecified atom stereocenters. The largest absolute Gasteiger partial charge is 0.497 e. The summed E-state index contributed by atoms with van der Waals surface area (Å²) in [4.78, 5) is 22.8. The second-order valence-corrected chi connectivity index (χ2v) is 4.12. The molecule has 1 amide bonds. The summed E-state index contributed by atoms with van der Waals surface area (Å²) >= 11 is 0. The molecule has 1 aromatic rings. The Balaban J connectivity index is 1.90. The van der Waals surface area contributed by atoms with Crippen molar-refractivity contribution in [3.8, 4) is 5.75 Å². The predicted octanol–water partition coefficient (Wildman–Crippen LogP) is 1.14. The average Bonchev–Trinajstić information content (AvgIpc) is 2.82. The number of benzene rings is 1. The average molecular weight is 261 g/mol. The maximum absolute atomic E-state index is 11.6. The van der Waals surface area contributed by atoms with Crippen molar-refractivity contribution in [2.75, 3.05) is 13.7 Å². The highest BCUT2D eigenvalue weighted by Crippen LogP contribution is 2.12. The van der Waals surface area contributed by atoms with E-state index in [-0.39, 0.29) is 11.9 Å². The van der Waals surface area contributed by atoms with Crippen molar-refractivity contribution >= 4 is 18.0 Å². The van der Waals surface area contributed by atoms with E-state index in [4.69, 9.17) is 9.47 Å². The van der Waals surface area contributed by atoms with E-state index in [0.29, 0.717) is 13.0 Å². The number of esters is 1. The zero-order chi connectivity index (χ0) is 13.7. The Labute approximate surface area is 111 Å². The minimum Gasteiger partial charge on any atom is -0.497 e. The number of ether oxygens (including phenoxy) is 2. The fraction of sp³-hybridized carbons (Fsp3) is 0.286. The van der Waals surface area contributed by atoms with Gasteiger partial charge in [0.25, 0.3) is 0 Å². The summed E-state index contributed by atoms with van der Waals surface area (Å²) < 4.78 is 9.80. The summed E-state index contributed by atoms with van der Waals surface area (Å²) in [6.45, 7) is 0.367. The fourth-order valence-electron chi connectivity index (χ4n) is 1.73. The number of methoxy groups -OCH3 is 1. The Morgan fingerprint density at radius 3 is 2.74 bits per heavy atom. The topological polar surface area (TPSA) is 64.6 Å². The number of hydrogen-bond donors (Lipinski definition) is 1. The van der Waals surface area contributed by atoms with Crippen LogP contribution in [-0.2, 0) is 14.3 Å². The quantitative estimate of drug-likeness (QED) is 0.652. The van der Waals surface area contributed by atoms with Crippen LogP contribution in [0.25, 0.3) is 6.08 Å². The van der Waals surface area contributed by atoms with Gasteiger partial charge in [0.1, 0.15) is 11.8 Å². The van der Waals surface area contributed by atoms with Crippen LogP contribution >= 0.6 is 0 Å². The second-order valence-electron chi connectivity index (χ2n) is 4.12. The Hall–Kier alpha value is -2.30. The van der Waals surface area contributed by atoms with Gasteiger partial charge in [-0.25, -0.2) is 4.79 Å². The van der Waals surface area contributed by atoms with E-state index in [2.05, 4.69) is 5.32 Å². The Morgan fingerprint density at radius 2 is 2.16 bits per heavy atom. The van der Waals surface area contributed by atoms with Gasteiger partial charge in [-0.15, -0.1) is 0 Å². The van der Waals surface area contributed by atoms with Gasteiger partial charge in [-0.05, 0) is 23.8 Å². The van der Waals surface area contributed by atoms with Crippen molar-refractivity contribution in [1.82, 2.24) is 5.32 Å². The first-order valence-corrected chi connectivity index (χ1v) is 5.98. The maximum atomic E-state index is 11.6. The predicted molar refractivity (Wildman–Crippen MR) is 69.5 cm³/mol. The van der Waals surface area contributed by atoms with Crippen LogP contribution in [0.4, 0.5) is 0 Å². The first-order valence-electron chi connectivity index (χ1n) is 5.98. The lowest BCUT2D eigenvalue weighted by atomic mass is 10.2. The molecule has 1 N–H and O–H groups in total. The number of hydrogen-bond acceptors (Lipinski definition) is 4. The smallest absolute Gasteiger partial charge is 0.328 e. The molecule has 1 fully saturated rings. The normalized spacial score (nSPS) is 18.4. The molecule has 0 aliphatic carbocycles. The van der Waals surface area contributed by atoms with Crippen LogP contribution in [0.2, 0.25) is 0 Å². The van der Waals surface area contributed by atoms with Gasteiger partial charge < -0.3 is 14.8 Å². The van der Waals surface area contributed by atoms with Crippen molar-refractivity contribution in [2.45, 2.75) is 12.5 Å². The summed E-state index contributed by atoms with van der Waals surface area (Å²) in [7, 11) is 1.60. The van der Waals surface area contributed by atoms with Crippen LogP contribution in [-0.4, -0.2) is 31.6 Å². The minimum absolute atomic E-state index is 0.306. The Bertz CT molecular complexity index is 493. The lowest BCUT2D eigenvalue weighted by Crippen LogP contribution is -2.36. The van der Waals surface area contributed by atoms with Gasteiger partial charge in [0.2, 0.25) is 5.91 Å². The standard InChI is InChI=1S/C14H15NO4/c1-18-11-5-2-10(3-6-11)4-7-13(16)15-12-8-9-19-14(12)17/h2-7,12H,8-9H2,1H3,(H,15,16)/b7-4+/t12-/m0/s1. The van der Waals surface area contributed by atoms with Gasteiger partial charge in [0.05, 0.1) is 13.7 Å². The molecule has 5 nitrogen and oxygen atoms in total. The molecule has 5 heteroatoms. The third-order valence-electron chi connectivity index (χ3n) is 2.79. The fourth-order valence-corrected chi connectivity index (χ4v) is 1.73. The van der Waals surface area contributed by atoms with Crippen molar-refractivity contribution < 1.29 is 19.1 Å². The number of amides is 1. The third-order valence-corrected chi connectivity index (χ3v) is 2.79. The van der Waals surface area contributed by atoms with Gasteiger partial charge in [-0.3, -0.25) is 4.79 Å². The van der Waals surface area contributed by atoms with E-state index in [0.717, 1.165) is 11.3 Å². The first-order chi connectivity index (χ1) is 9.19. The Kier molecular flexibility index (Phi) is 4.18. The van der Waals surface area contributed by atoms with Crippen LogP contribution in [0.3, 0.4) is 0 Å². The van der Waals surface area contributed by atoms with E-state index < -0.39 is 6.04 Å². The van der Waals surface area contributed by atoms with E-state index in [1.807, 2.05) is 24.3 Å². The maximum Gasteiger partial charge on any atom is 0.328 e. The molecule has 100 valence electrons. The van der Waals surface area contributed by atoms with Gasteiger partial charge >= 0.3 is 5.97 Å². The number of carbonyl (C=O) groups is 2. The van der Waals surface area contributed by atoms with E-state index >= 15 is 0 Å². The van der Waals surface area contributed by atoms with Crippen LogP contribution in [0.15, 0.2) is 30.3 Å². The third kappa shape index (κ3) is 3.58. The van der Waals surface area contributed by atoms with Crippen molar-refractivity contribution in [1.29, 1.82) is 0 Å². The van der Waals surface area contributed by atoms with Crippen molar-refractivity contribution in [2.24, 2.45) is 0 Å². The van der Waals surface area contributed by atoms with Gasteiger partial charge in [0, 0.05) is 12.5 Å². The van der Waals surface area contributed by atoms with Crippen LogP contribution in [0.1, 0.15) is 12.0 Å².